The maximum absolute atomic E-state index is 11.8. The van der Waals surface area contributed by atoms with Crippen LogP contribution >= 0.6 is 7.60 Å². The fraction of sp³-hybridized carbons (Fsp3) is 0.417. The van der Waals surface area contributed by atoms with E-state index in [2.05, 4.69) is 0 Å². The van der Waals surface area contributed by atoms with Gasteiger partial charge in [0.05, 0.1) is 17.8 Å². The van der Waals surface area contributed by atoms with Gasteiger partial charge in [0.2, 0.25) is 0 Å². The van der Waals surface area contributed by atoms with E-state index in [0.717, 1.165) is 0 Å². The van der Waals surface area contributed by atoms with Crippen LogP contribution < -0.4 is 0 Å². The summed E-state index contributed by atoms with van der Waals surface area (Å²) in [6.45, 7) is 3.58. The van der Waals surface area contributed by atoms with Crippen LogP contribution in [0.2, 0.25) is 0 Å². The quantitative estimate of drug-likeness (QED) is 0.778. The van der Waals surface area contributed by atoms with Crippen molar-refractivity contribution in [3.8, 4) is 0 Å². The lowest BCUT2D eigenvalue weighted by molar-refractivity contribution is 0.0696. The Morgan fingerprint density at radius 2 is 2.17 bits per heavy atom. The van der Waals surface area contributed by atoms with Crippen LogP contribution in [0.4, 0.5) is 0 Å². The Morgan fingerprint density at radius 1 is 1.50 bits per heavy atom. The third-order valence-electron chi connectivity index (χ3n) is 2.48. The average Bonchev–Trinajstić information content (AvgIpc) is 2.27. The molecule has 0 radical (unpaired) electrons. The van der Waals surface area contributed by atoms with E-state index >= 15 is 0 Å². The van der Waals surface area contributed by atoms with Gasteiger partial charge in [0.1, 0.15) is 0 Å². The Bertz CT molecular complexity index is 471. The molecule has 2 N–H and O–H groups in total. The molecule has 0 aliphatic heterocycles. The number of aromatic carboxylic acids is 1. The van der Waals surface area contributed by atoms with Gasteiger partial charge in [0.25, 0.3) is 0 Å². The maximum Gasteiger partial charge on any atom is 0.335 e. The van der Waals surface area contributed by atoms with Gasteiger partial charge in [0.15, 0.2) is 0 Å². The van der Waals surface area contributed by atoms with E-state index in [1.54, 1.807) is 19.1 Å². The molecule has 6 heteroatoms. The number of hydrogen-bond acceptors (Lipinski definition) is 3. The van der Waals surface area contributed by atoms with Gasteiger partial charge in [-0.3, -0.25) is 4.57 Å². The number of hydrogen-bond donors (Lipinski definition) is 2. The fourth-order valence-electron chi connectivity index (χ4n) is 1.43. The molecule has 0 saturated carbocycles. The summed E-state index contributed by atoms with van der Waals surface area (Å²) in [7, 11) is -3.73. The van der Waals surface area contributed by atoms with Crippen molar-refractivity contribution in [1.29, 1.82) is 0 Å². The van der Waals surface area contributed by atoms with Crippen LogP contribution in [-0.4, -0.2) is 22.1 Å². The summed E-state index contributed by atoms with van der Waals surface area (Å²) in [5.74, 6) is -1.06. The molecule has 100 valence electrons. The number of rotatable bonds is 6. The summed E-state index contributed by atoms with van der Waals surface area (Å²) >= 11 is 0. The van der Waals surface area contributed by atoms with Gasteiger partial charge < -0.3 is 14.5 Å². The monoisotopic (exact) mass is 272 g/mol. The number of carboxylic acids is 1. The summed E-state index contributed by atoms with van der Waals surface area (Å²) in [5.41, 5.74) is 0.570. The van der Waals surface area contributed by atoms with E-state index < -0.39 is 13.6 Å². The van der Waals surface area contributed by atoms with Crippen molar-refractivity contribution < 1.29 is 23.9 Å². The van der Waals surface area contributed by atoms with Crippen molar-refractivity contribution in [2.24, 2.45) is 0 Å². The minimum absolute atomic E-state index is 0.0936. The van der Waals surface area contributed by atoms with Gasteiger partial charge in [-0.15, -0.1) is 0 Å². The first-order chi connectivity index (χ1) is 8.34. The molecule has 1 aromatic carbocycles. The molecule has 5 nitrogen and oxygen atoms in total. The lowest BCUT2D eigenvalue weighted by Crippen LogP contribution is -2.06. The minimum Gasteiger partial charge on any atom is -0.478 e. The third-order valence-corrected chi connectivity index (χ3v) is 3.93. The van der Waals surface area contributed by atoms with E-state index in [0.29, 0.717) is 12.0 Å². The molecule has 0 aromatic heterocycles. The predicted molar refractivity (Wildman–Crippen MR) is 67.8 cm³/mol. The van der Waals surface area contributed by atoms with Crippen LogP contribution in [-0.2, 0) is 15.3 Å². The molecular formula is C12H17O5P. The molecular weight excluding hydrogens is 255 g/mol. The highest BCUT2D eigenvalue weighted by molar-refractivity contribution is 7.51. The van der Waals surface area contributed by atoms with Crippen molar-refractivity contribution in [3.63, 3.8) is 0 Å². The van der Waals surface area contributed by atoms with E-state index in [9.17, 15) is 14.3 Å². The highest BCUT2D eigenvalue weighted by Gasteiger charge is 2.23. The SMILES string of the molecule is CCC(C)OP(=O)(O)Cc1cccc(C(=O)O)c1. The fourth-order valence-corrected chi connectivity index (χ4v) is 2.87. The summed E-state index contributed by atoms with van der Waals surface area (Å²) in [4.78, 5) is 20.5. The molecule has 0 fully saturated rings. The zero-order valence-electron chi connectivity index (χ0n) is 10.4. The third kappa shape index (κ3) is 4.61. The largest absolute Gasteiger partial charge is 0.478 e. The van der Waals surface area contributed by atoms with Crippen molar-refractivity contribution in [3.05, 3.63) is 35.4 Å². The zero-order chi connectivity index (χ0) is 13.8. The molecule has 2 atom stereocenters. The van der Waals surface area contributed by atoms with Gasteiger partial charge >= 0.3 is 13.6 Å². The Labute approximate surface area is 106 Å². The van der Waals surface area contributed by atoms with Crippen LogP contribution in [0.3, 0.4) is 0 Å². The van der Waals surface area contributed by atoms with Crippen LogP contribution in [0.5, 0.6) is 0 Å². The van der Waals surface area contributed by atoms with Crippen LogP contribution in [0, 0.1) is 0 Å². The van der Waals surface area contributed by atoms with Crippen LogP contribution in [0.15, 0.2) is 24.3 Å². The zero-order valence-corrected chi connectivity index (χ0v) is 11.3. The second-order valence-corrected chi connectivity index (χ2v) is 5.93. The minimum atomic E-state index is -3.73. The van der Waals surface area contributed by atoms with Crippen LogP contribution in [0.1, 0.15) is 36.2 Å². The highest BCUT2D eigenvalue weighted by Crippen LogP contribution is 2.47. The van der Waals surface area contributed by atoms with E-state index in [-0.39, 0.29) is 17.8 Å². The first kappa shape index (κ1) is 14.9. The molecule has 2 unspecified atom stereocenters. The predicted octanol–water partition coefficient (Wildman–Crippen LogP) is 2.89. The molecule has 0 saturated heterocycles. The summed E-state index contributed by atoms with van der Waals surface area (Å²) in [6.07, 6.45) is 0.154. The Morgan fingerprint density at radius 3 is 2.72 bits per heavy atom. The smallest absolute Gasteiger partial charge is 0.335 e. The van der Waals surface area contributed by atoms with E-state index in [1.165, 1.54) is 12.1 Å². The van der Waals surface area contributed by atoms with Crippen molar-refractivity contribution >= 4 is 13.6 Å². The first-order valence-corrected chi connectivity index (χ1v) is 7.43. The number of carbonyl (C=O) groups is 1. The Kier molecular flexibility index (Phi) is 5.08. The second kappa shape index (κ2) is 6.14. The van der Waals surface area contributed by atoms with Crippen LogP contribution in [0.25, 0.3) is 0 Å². The molecule has 1 rings (SSSR count). The number of benzene rings is 1. The summed E-state index contributed by atoms with van der Waals surface area (Å²) < 4.78 is 16.9. The standard InChI is InChI=1S/C12H17O5P/c1-3-9(2)17-18(15,16)8-10-5-4-6-11(7-10)12(13)14/h4-7,9H,3,8H2,1-2H3,(H,13,14)(H,15,16). The topological polar surface area (TPSA) is 83.8 Å². The van der Waals surface area contributed by atoms with Gasteiger partial charge in [0, 0.05) is 0 Å². The van der Waals surface area contributed by atoms with Gasteiger partial charge in [-0.25, -0.2) is 4.79 Å². The Balaban J connectivity index is 2.80. The summed E-state index contributed by atoms with van der Waals surface area (Å²) in [6, 6.07) is 5.96. The molecule has 0 heterocycles. The van der Waals surface area contributed by atoms with E-state index in [4.69, 9.17) is 9.63 Å². The first-order valence-electron chi connectivity index (χ1n) is 5.66. The lowest BCUT2D eigenvalue weighted by atomic mass is 10.1. The molecule has 0 spiro atoms. The molecule has 18 heavy (non-hydrogen) atoms. The normalized spacial score (nSPS) is 15.9. The van der Waals surface area contributed by atoms with E-state index in [1.807, 2.05) is 6.92 Å². The van der Waals surface area contributed by atoms with Gasteiger partial charge in [-0.1, -0.05) is 19.1 Å². The second-order valence-electron chi connectivity index (χ2n) is 4.13. The lowest BCUT2D eigenvalue weighted by Gasteiger charge is -2.16. The van der Waals surface area contributed by atoms with Gasteiger partial charge in [-0.2, -0.15) is 0 Å². The molecule has 0 bridgehead atoms. The van der Waals surface area contributed by atoms with Gasteiger partial charge in [-0.05, 0) is 31.0 Å². The summed E-state index contributed by atoms with van der Waals surface area (Å²) in [5, 5.41) is 8.83. The van der Waals surface area contributed by atoms with Crippen molar-refractivity contribution in [1.82, 2.24) is 0 Å². The molecule has 0 aliphatic carbocycles. The molecule has 0 amide bonds. The number of carboxylic acid groups (broad SMARTS) is 1. The molecule has 0 aliphatic rings. The Hall–Kier alpha value is -1.16. The van der Waals surface area contributed by atoms with Crippen molar-refractivity contribution in [2.45, 2.75) is 32.5 Å². The molecule has 1 aromatic rings. The van der Waals surface area contributed by atoms with Crippen molar-refractivity contribution in [2.75, 3.05) is 0 Å². The average molecular weight is 272 g/mol. The maximum atomic E-state index is 11.8. The highest BCUT2D eigenvalue weighted by atomic mass is 31.2.